The van der Waals surface area contributed by atoms with Crippen LogP contribution in [0.4, 0.5) is 9.59 Å². The van der Waals surface area contributed by atoms with Gasteiger partial charge in [-0.1, -0.05) is 49.1 Å². The lowest BCUT2D eigenvalue weighted by atomic mass is 9.77. The molecule has 0 fully saturated rings. The Hall–Kier alpha value is -3.31. The third kappa shape index (κ3) is 9.67. The summed E-state index contributed by atoms with van der Waals surface area (Å²) < 4.78 is 4.71. The molecule has 0 saturated heterocycles. The minimum Gasteiger partial charge on any atom is -0.465 e. The van der Waals surface area contributed by atoms with Crippen molar-refractivity contribution in [3.63, 3.8) is 0 Å². The fourth-order valence-electron chi connectivity index (χ4n) is 3.56. The van der Waals surface area contributed by atoms with Gasteiger partial charge in [-0.25, -0.2) is 20.4 Å². The second kappa shape index (κ2) is 11.9. The molecule has 2 amide bonds. The number of terminal acetylenes is 1. The first-order valence-corrected chi connectivity index (χ1v) is 10.2. The largest absolute Gasteiger partial charge is 0.465 e. The van der Waals surface area contributed by atoms with Gasteiger partial charge >= 0.3 is 12.2 Å². The highest BCUT2D eigenvalue weighted by atomic mass is 16.6. The molecule has 0 heterocycles. The fraction of sp³-hybridized carbons (Fsp3) is 0.458. The molecule has 0 unspecified atom stereocenters. The lowest BCUT2D eigenvalue weighted by Gasteiger charge is -2.30. The fourth-order valence-corrected chi connectivity index (χ4v) is 3.56. The van der Waals surface area contributed by atoms with Gasteiger partial charge in [0.05, 0.1) is 6.54 Å². The predicted molar refractivity (Wildman–Crippen MR) is 123 cm³/mol. The van der Waals surface area contributed by atoms with Crippen molar-refractivity contribution in [3.05, 3.63) is 46.5 Å². The number of hydrogen-bond donors (Lipinski definition) is 2. The Morgan fingerprint density at radius 1 is 1.19 bits per heavy atom. The summed E-state index contributed by atoms with van der Waals surface area (Å²) in [5.41, 5.74) is 4.08. The highest BCUT2D eigenvalue weighted by molar-refractivity contribution is 5.92. The maximum Gasteiger partial charge on any atom is 0.425 e. The molecule has 8 nitrogen and oxygen atoms in total. The van der Waals surface area contributed by atoms with Crippen molar-refractivity contribution in [3.8, 4) is 12.3 Å². The summed E-state index contributed by atoms with van der Waals surface area (Å²) in [5, 5.41) is 9.73. The average molecular weight is 444 g/mol. The zero-order chi connectivity index (χ0) is 24.5. The first kappa shape index (κ1) is 26.7. The first-order valence-electron chi connectivity index (χ1n) is 10.2. The summed E-state index contributed by atoms with van der Waals surface area (Å²) in [6.45, 7) is 8.59. The molecule has 1 aliphatic carbocycles. The number of hydrogen-bond acceptors (Lipinski definition) is 5. The normalized spacial score (nSPS) is 14.3. The molecule has 0 radical (unpaired) electrons. The standard InChI is InChI=1S/C13H16N2O2.C11H17NO3/c1-4-5-17-13(16)15(14)9-12-7-10(2)6-11(3)8-12;1-11(2)5-8(4-9(13)6-11)7-12(3)10(14)15/h1,6-8H,5,9,14H2,2-3H3;4H,5-7H2,1-3H3,(H,14,15). The molecule has 0 atom stereocenters. The van der Waals surface area contributed by atoms with E-state index in [2.05, 4.69) is 12.0 Å². The zero-order valence-corrected chi connectivity index (χ0v) is 19.5. The van der Waals surface area contributed by atoms with E-state index in [0.29, 0.717) is 19.5 Å². The van der Waals surface area contributed by atoms with Gasteiger partial charge in [0.1, 0.15) is 0 Å². The Kier molecular flexibility index (Phi) is 9.95. The maximum atomic E-state index is 11.4. The highest BCUT2D eigenvalue weighted by Crippen LogP contribution is 2.33. The van der Waals surface area contributed by atoms with Gasteiger partial charge in [-0.15, -0.1) is 6.42 Å². The van der Waals surface area contributed by atoms with E-state index in [1.54, 1.807) is 6.08 Å². The molecule has 1 aromatic rings. The number of ether oxygens (including phenoxy) is 1. The number of hydrazine groups is 1. The van der Waals surface area contributed by atoms with Crippen LogP contribution in [0.25, 0.3) is 0 Å². The quantitative estimate of drug-likeness (QED) is 0.311. The Morgan fingerprint density at radius 3 is 2.28 bits per heavy atom. The van der Waals surface area contributed by atoms with Crippen LogP contribution >= 0.6 is 0 Å². The molecule has 32 heavy (non-hydrogen) atoms. The van der Waals surface area contributed by atoms with Gasteiger partial charge in [0.15, 0.2) is 12.4 Å². The summed E-state index contributed by atoms with van der Waals surface area (Å²) in [6.07, 6.45) is 6.32. The number of carboxylic acid groups (broad SMARTS) is 1. The van der Waals surface area contributed by atoms with Crippen molar-refractivity contribution in [2.75, 3.05) is 20.2 Å². The number of nitrogens with zero attached hydrogens (tertiary/aromatic N) is 2. The maximum absolute atomic E-state index is 11.4. The molecule has 0 saturated carbocycles. The Labute approximate surface area is 190 Å². The van der Waals surface area contributed by atoms with Crippen molar-refractivity contribution in [1.29, 1.82) is 0 Å². The molecule has 0 aromatic heterocycles. The van der Waals surface area contributed by atoms with Gasteiger partial charge < -0.3 is 14.7 Å². The third-order valence-corrected chi connectivity index (χ3v) is 4.64. The summed E-state index contributed by atoms with van der Waals surface area (Å²) in [7, 11) is 1.51. The monoisotopic (exact) mass is 443 g/mol. The van der Waals surface area contributed by atoms with Crippen LogP contribution in [0.1, 0.15) is 43.4 Å². The average Bonchev–Trinajstić information content (AvgIpc) is 2.63. The van der Waals surface area contributed by atoms with Crippen molar-refractivity contribution >= 4 is 18.0 Å². The molecule has 174 valence electrons. The second-order valence-corrected chi connectivity index (χ2v) is 8.81. The number of likely N-dealkylation sites (N-methyl/N-ethyl adjacent to an activating group) is 1. The van der Waals surface area contributed by atoms with E-state index < -0.39 is 12.2 Å². The molecule has 1 aromatic carbocycles. The van der Waals surface area contributed by atoms with Crippen LogP contribution < -0.4 is 5.84 Å². The summed E-state index contributed by atoms with van der Waals surface area (Å²) in [4.78, 5) is 34.6. The van der Waals surface area contributed by atoms with Crippen LogP contribution in [0.15, 0.2) is 29.8 Å². The van der Waals surface area contributed by atoms with Crippen LogP contribution in [-0.2, 0) is 16.1 Å². The van der Waals surface area contributed by atoms with Crippen LogP contribution in [0.5, 0.6) is 0 Å². The van der Waals surface area contributed by atoms with E-state index >= 15 is 0 Å². The van der Waals surface area contributed by atoms with Crippen LogP contribution in [0, 0.1) is 31.6 Å². The Morgan fingerprint density at radius 2 is 1.78 bits per heavy atom. The number of ketones is 1. The zero-order valence-electron chi connectivity index (χ0n) is 19.5. The molecule has 1 aliphatic rings. The van der Waals surface area contributed by atoms with Gasteiger partial charge in [0, 0.05) is 20.0 Å². The van der Waals surface area contributed by atoms with Crippen molar-refractivity contribution in [2.45, 2.75) is 47.1 Å². The van der Waals surface area contributed by atoms with Gasteiger partial charge in [-0.2, -0.15) is 0 Å². The van der Waals surface area contributed by atoms with E-state index in [9.17, 15) is 14.4 Å². The number of carbonyl (C=O) groups excluding carboxylic acids is 2. The van der Waals surface area contributed by atoms with Crippen LogP contribution in [0.2, 0.25) is 0 Å². The summed E-state index contributed by atoms with van der Waals surface area (Å²) in [6, 6.07) is 6.00. The lowest BCUT2D eigenvalue weighted by molar-refractivity contribution is -0.117. The predicted octanol–water partition coefficient (Wildman–Crippen LogP) is 3.66. The number of nitrogens with two attached hydrogens (primary N) is 1. The Balaban J connectivity index is 0.000000323. The van der Waals surface area contributed by atoms with E-state index in [4.69, 9.17) is 22.1 Å². The molecule has 0 aliphatic heterocycles. The first-order chi connectivity index (χ1) is 14.8. The topological polar surface area (TPSA) is 113 Å². The summed E-state index contributed by atoms with van der Waals surface area (Å²) >= 11 is 0. The SMILES string of the molecule is C#CCOC(=O)N(N)Cc1cc(C)cc(C)c1.CN(CC1=CC(=O)CC(C)(C)C1)C(=O)O. The van der Waals surface area contributed by atoms with Crippen LogP contribution in [-0.4, -0.2) is 53.2 Å². The number of carbonyl (C=O) groups is 3. The number of allylic oxidation sites excluding steroid dienone is 1. The van der Waals surface area contributed by atoms with Gasteiger partial charge in [0.25, 0.3) is 0 Å². The van der Waals surface area contributed by atoms with E-state index in [-0.39, 0.29) is 17.8 Å². The third-order valence-electron chi connectivity index (χ3n) is 4.64. The molecule has 8 heteroatoms. The molecular weight excluding hydrogens is 410 g/mol. The number of rotatable bonds is 5. The minimum atomic E-state index is -0.966. The number of aryl methyl sites for hydroxylation is 2. The number of benzene rings is 1. The molecule has 0 bridgehead atoms. The van der Waals surface area contributed by atoms with E-state index in [0.717, 1.165) is 33.7 Å². The highest BCUT2D eigenvalue weighted by Gasteiger charge is 2.28. The molecule has 0 spiro atoms. The van der Waals surface area contributed by atoms with Crippen molar-refractivity contribution in [2.24, 2.45) is 11.3 Å². The molecular formula is C24H33N3O5. The van der Waals surface area contributed by atoms with Crippen molar-refractivity contribution < 1.29 is 24.2 Å². The lowest BCUT2D eigenvalue weighted by Crippen LogP contribution is -2.37. The van der Waals surface area contributed by atoms with E-state index in [1.807, 2.05) is 39.8 Å². The smallest absolute Gasteiger partial charge is 0.425 e. The second-order valence-electron chi connectivity index (χ2n) is 8.81. The molecule has 3 N–H and O–H groups in total. The van der Waals surface area contributed by atoms with Gasteiger partial charge in [-0.3, -0.25) is 4.79 Å². The Bertz CT molecular complexity index is 894. The number of amides is 2. The van der Waals surface area contributed by atoms with Crippen molar-refractivity contribution in [1.82, 2.24) is 9.91 Å². The van der Waals surface area contributed by atoms with Gasteiger partial charge in [0.2, 0.25) is 0 Å². The van der Waals surface area contributed by atoms with Crippen LogP contribution in [0.3, 0.4) is 0 Å². The summed E-state index contributed by atoms with van der Waals surface area (Å²) in [5.74, 6) is 7.89. The minimum absolute atomic E-state index is 0.0412. The molecule has 2 rings (SSSR count). The van der Waals surface area contributed by atoms with E-state index in [1.165, 1.54) is 11.9 Å². The van der Waals surface area contributed by atoms with Gasteiger partial charge in [-0.05, 0) is 42.9 Å².